The van der Waals surface area contributed by atoms with Crippen LogP contribution in [0.3, 0.4) is 0 Å². The molecule has 0 radical (unpaired) electrons. The number of benzene rings is 1. The zero-order chi connectivity index (χ0) is 18.8. The molecule has 4 rings (SSSR count). The second-order valence-corrected chi connectivity index (χ2v) is 6.10. The monoisotopic (exact) mass is 359 g/mol. The third-order valence-corrected chi connectivity index (χ3v) is 4.03. The number of carbonyl (C=O) groups is 1. The van der Waals surface area contributed by atoms with Crippen molar-refractivity contribution in [2.45, 2.75) is 13.8 Å². The lowest BCUT2D eigenvalue weighted by Gasteiger charge is -2.07. The van der Waals surface area contributed by atoms with Crippen LogP contribution in [0.25, 0.3) is 5.65 Å². The molecule has 1 amide bonds. The van der Waals surface area contributed by atoms with E-state index in [0.717, 1.165) is 5.56 Å². The normalized spacial score (nSPS) is 10.7. The van der Waals surface area contributed by atoms with Gasteiger partial charge in [-0.1, -0.05) is 17.7 Å². The van der Waals surface area contributed by atoms with Gasteiger partial charge in [0.1, 0.15) is 11.3 Å². The van der Waals surface area contributed by atoms with Gasteiger partial charge < -0.3 is 10.1 Å². The average Bonchev–Trinajstić information content (AvgIpc) is 3.01. The van der Waals surface area contributed by atoms with Crippen molar-refractivity contribution in [3.05, 3.63) is 77.9 Å². The van der Waals surface area contributed by atoms with Crippen molar-refractivity contribution in [3.63, 3.8) is 0 Å². The van der Waals surface area contributed by atoms with Crippen molar-refractivity contribution in [1.29, 1.82) is 0 Å². The molecular formula is C20H17N5O2. The Labute approximate surface area is 155 Å². The minimum atomic E-state index is -0.282. The Kier molecular flexibility index (Phi) is 4.25. The standard InChI is InChI=1S/C20H17N5O2/c1-13-4-7-16(8-5-13)27-17-9-6-15(12-22-17)23-20(26)18-14(2)24-25-11-3-10-21-19(18)25/h3-12H,1-2H3,(H,23,26). The highest BCUT2D eigenvalue weighted by atomic mass is 16.5. The third-order valence-electron chi connectivity index (χ3n) is 4.03. The number of fused-ring (bicyclic) bond motifs is 1. The summed E-state index contributed by atoms with van der Waals surface area (Å²) < 4.78 is 7.28. The van der Waals surface area contributed by atoms with Gasteiger partial charge in [-0.15, -0.1) is 0 Å². The third kappa shape index (κ3) is 3.48. The lowest BCUT2D eigenvalue weighted by atomic mass is 10.2. The predicted molar refractivity (Wildman–Crippen MR) is 101 cm³/mol. The SMILES string of the molecule is Cc1ccc(Oc2ccc(NC(=O)c3c(C)nn4cccnc34)cn2)cc1. The summed E-state index contributed by atoms with van der Waals surface area (Å²) >= 11 is 0. The highest BCUT2D eigenvalue weighted by Crippen LogP contribution is 2.21. The number of hydrogen-bond donors (Lipinski definition) is 1. The highest BCUT2D eigenvalue weighted by molar-refractivity contribution is 6.09. The van der Waals surface area contributed by atoms with Gasteiger partial charge >= 0.3 is 0 Å². The Bertz CT molecular complexity index is 1100. The summed E-state index contributed by atoms with van der Waals surface area (Å²) in [5, 5.41) is 7.13. The molecule has 0 fully saturated rings. The number of ether oxygens (including phenoxy) is 1. The number of amides is 1. The number of nitrogens with zero attached hydrogens (tertiary/aromatic N) is 4. The first-order chi connectivity index (χ1) is 13.1. The molecule has 0 unspecified atom stereocenters. The molecule has 1 aromatic carbocycles. The van der Waals surface area contributed by atoms with Crippen LogP contribution in [0, 0.1) is 13.8 Å². The van der Waals surface area contributed by atoms with Gasteiger partial charge in [-0.2, -0.15) is 5.10 Å². The van der Waals surface area contributed by atoms with Crippen LogP contribution in [0.2, 0.25) is 0 Å². The van der Waals surface area contributed by atoms with E-state index < -0.39 is 0 Å². The second-order valence-electron chi connectivity index (χ2n) is 6.10. The summed E-state index contributed by atoms with van der Waals surface area (Å²) in [6.07, 6.45) is 4.94. The van der Waals surface area contributed by atoms with Crippen LogP contribution in [0.4, 0.5) is 5.69 Å². The number of nitrogens with one attached hydrogen (secondary N) is 1. The van der Waals surface area contributed by atoms with Gasteiger partial charge in [-0.3, -0.25) is 4.79 Å². The molecular weight excluding hydrogens is 342 g/mol. The van der Waals surface area contributed by atoms with Crippen molar-refractivity contribution < 1.29 is 9.53 Å². The zero-order valence-electron chi connectivity index (χ0n) is 14.9. The summed E-state index contributed by atoms with van der Waals surface area (Å²) in [7, 11) is 0. The molecule has 1 N–H and O–H groups in total. The Morgan fingerprint density at radius 3 is 2.63 bits per heavy atom. The van der Waals surface area contributed by atoms with Crippen molar-refractivity contribution in [2.24, 2.45) is 0 Å². The molecule has 0 aliphatic carbocycles. The molecule has 3 aromatic heterocycles. The zero-order valence-corrected chi connectivity index (χ0v) is 14.9. The topological polar surface area (TPSA) is 81.4 Å². The maximum absolute atomic E-state index is 12.7. The summed E-state index contributed by atoms with van der Waals surface area (Å²) in [6, 6.07) is 12.9. The van der Waals surface area contributed by atoms with Crippen LogP contribution < -0.4 is 10.1 Å². The molecule has 0 aliphatic rings. The molecule has 4 aromatic rings. The molecule has 0 bridgehead atoms. The van der Waals surface area contributed by atoms with E-state index in [-0.39, 0.29) is 5.91 Å². The van der Waals surface area contributed by atoms with E-state index in [2.05, 4.69) is 20.4 Å². The van der Waals surface area contributed by atoms with Crippen molar-refractivity contribution in [1.82, 2.24) is 19.6 Å². The van der Waals surface area contributed by atoms with Crippen molar-refractivity contribution in [2.75, 3.05) is 5.32 Å². The lowest BCUT2D eigenvalue weighted by molar-refractivity contribution is 0.102. The first-order valence-corrected chi connectivity index (χ1v) is 8.42. The van der Waals surface area contributed by atoms with Crippen LogP contribution in [-0.2, 0) is 0 Å². The fourth-order valence-electron chi connectivity index (χ4n) is 2.70. The number of hydrogen-bond acceptors (Lipinski definition) is 5. The molecule has 7 nitrogen and oxygen atoms in total. The van der Waals surface area contributed by atoms with E-state index in [9.17, 15) is 4.79 Å². The molecule has 27 heavy (non-hydrogen) atoms. The Morgan fingerprint density at radius 1 is 1.07 bits per heavy atom. The number of pyridine rings is 1. The predicted octanol–water partition coefficient (Wildman–Crippen LogP) is 3.79. The maximum Gasteiger partial charge on any atom is 0.261 e. The van der Waals surface area contributed by atoms with Gasteiger partial charge in [-0.25, -0.2) is 14.5 Å². The fraction of sp³-hybridized carbons (Fsp3) is 0.100. The van der Waals surface area contributed by atoms with E-state index in [1.165, 1.54) is 0 Å². The van der Waals surface area contributed by atoms with Crippen LogP contribution in [0.5, 0.6) is 11.6 Å². The second kappa shape index (κ2) is 6.87. The minimum absolute atomic E-state index is 0.282. The van der Waals surface area contributed by atoms with Crippen LogP contribution in [0.15, 0.2) is 61.1 Å². The summed E-state index contributed by atoms with van der Waals surface area (Å²) in [5.74, 6) is 0.874. The van der Waals surface area contributed by atoms with Gasteiger partial charge in [-0.05, 0) is 38.1 Å². The van der Waals surface area contributed by atoms with Gasteiger partial charge in [0, 0.05) is 18.5 Å². The van der Waals surface area contributed by atoms with Crippen LogP contribution >= 0.6 is 0 Å². The smallest absolute Gasteiger partial charge is 0.261 e. The van der Waals surface area contributed by atoms with E-state index >= 15 is 0 Å². The molecule has 0 saturated carbocycles. The first kappa shape index (κ1) is 16.7. The van der Waals surface area contributed by atoms with Gasteiger partial charge in [0.2, 0.25) is 5.88 Å². The quantitative estimate of drug-likeness (QED) is 0.600. The number of anilines is 1. The lowest BCUT2D eigenvalue weighted by Crippen LogP contribution is -2.13. The van der Waals surface area contributed by atoms with E-state index in [1.54, 1.807) is 48.2 Å². The van der Waals surface area contributed by atoms with Gasteiger partial charge in [0.25, 0.3) is 5.91 Å². The van der Waals surface area contributed by atoms with Gasteiger partial charge in [0.15, 0.2) is 5.65 Å². The fourth-order valence-corrected chi connectivity index (χ4v) is 2.70. The van der Waals surface area contributed by atoms with Crippen molar-refractivity contribution in [3.8, 4) is 11.6 Å². The number of carbonyl (C=O) groups excluding carboxylic acids is 1. The molecule has 0 spiro atoms. The maximum atomic E-state index is 12.7. The summed E-state index contributed by atoms with van der Waals surface area (Å²) in [6.45, 7) is 3.79. The van der Waals surface area contributed by atoms with E-state index in [1.807, 2.05) is 31.2 Å². The Balaban J connectivity index is 1.50. The van der Waals surface area contributed by atoms with Crippen LogP contribution in [0.1, 0.15) is 21.6 Å². The molecule has 3 heterocycles. The molecule has 7 heteroatoms. The number of rotatable bonds is 4. The molecule has 134 valence electrons. The van der Waals surface area contributed by atoms with E-state index in [4.69, 9.17) is 4.74 Å². The molecule has 0 saturated heterocycles. The average molecular weight is 359 g/mol. The summed E-state index contributed by atoms with van der Waals surface area (Å²) in [5.41, 5.74) is 3.28. The largest absolute Gasteiger partial charge is 0.439 e. The number of aryl methyl sites for hydroxylation is 2. The first-order valence-electron chi connectivity index (χ1n) is 8.42. The highest BCUT2D eigenvalue weighted by Gasteiger charge is 2.18. The molecule has 0 aliphatic heterocycles. The minimum Gasteiger partial charge on any atom is -0.439 e. The Hall–Kier alpha value is -3.74. The number of aromatic nitrogens is 4. The van der Waals surface area contributed by atoms with Crippen LogP contribution in [-0.4, -0.2) is 25.5 Å². The molecule has 0 atom stereocenters. The summed E-state index contributed by atoms with van der Waals surface area (Å²) in [4.78, 5) is 21.1. The van der Waals surface area contributed by atoms with Crippen molar-refractivity contribution >= 4 is 17.2 Å². The van der Waals surface area contributed by atoms with E-state index in [0.29, 0.717) is 34.2 Å². The van der Waals surface area contributed by atoms with Gasteiger partial charge in [0.05, 0.1) is 17.6 Å². The Morgan fingerprint density at radius 2 is 1.89 bits per heavy atom.